The molecule has 1 N–H and O–H groups in total. The van der Waals surface area contributed by atoms with Gasteiger partial charge in [-0.15, -0.1) is 0 Å². The van der Waals surface area contributed by atoms with Crippen LogP contribution in [0.15, 0.2) is 54.6 Å². The number of hydrogen-bond acceptors (Lipinski definition) is 4. The van der Waals surface area contributed by atoms with E-state index in [9.17, 15) is 5.11 Å². The zero-order valence-electron chi connectivity index (χ0n) is 12.9. The van der Waals surface area contributed by atoms with Crippen LogP contribution in [0.3, 0.4) is 0 Å². The number of ether oxygens (including phenoxy) is 1. The lowest BCUT2D eigenvalue weighted by Gasteiger charge is -2.34. The number of nitrogens with zero attached hydrogens (tertiary/aromatic N) is 1. The molecule has 1 unspecified atom stereocenters. The summed E-state index contributed by atoms with van der Waals surface area (Å²) in [5.41, 5.74) is 1.07. The Kier molecular flexibility index (Phi) is 4.90. The van der Waals surface area contributed by atoms with Crippen molar-refractivity contribution in [1.29, 1.82) is 0 Å². The van der Waals surface area contributed by atoms with Gasteiger partial charge >= 0.3 is 0 Å². The Morgan fingerprint density at radius 1 is 1.17 bits per heavy atom. The Labute approximate surface area is 146 Å². The first kappa shape index (κ1) is 16.3. The molecular weight excluding hydrogens is 326 g/mol. The summed E-state index contributed by atoms with van der Waals surface area (Å²) in [4.78, 5) is 1.94. The van der Waals surface area contributed by atoms with Gasteiger partial charge in [-0.05, 0) is 24.1 Å². The molecule has 2 aromatic rings. The van der Waals surface area contributed by atoms with Gasteiger partial charge in [-0.3, -0.25) is 0 Å². The number of methoxy groups -OCH3 is 1. The van der Waals surface area contributed by atoms with Crippen LogP contribution in [0.25, 0.3) is 0 Å². The topological polar surface area (TPSA) is 32.7 Å². The number of benzene rings is 2. The fraction of sp³-hybridized carbons (Fsp3) is 0.278. The zero-order chi connectivity index (χ0) is 16.3. The van der Waals surface area contributed by atoms with Crippen LogP contribution in [0.1, 0.15) is 11.1 Å². The molecule has 5 heteroatoms. The molecule has 1 fully saturated rings. The normalized spacial score (nSPS) is 20.8. The van der Waals surface area contributed by atoms with E-state index in [1.165, 1.54) is 17.3 Å². The number of hydrogen-bond donors (Lipinski definition) is 1. The average Bonchev–Trinajstić information content (AvgIpc) is 2.90. The third-order valence-corrected chi connectivity index (χ3v) is 5.67. The fourth-order valence-corrected chi connectivity index (χ4v) is 4.19. The zero-order valence-corrected chi connectivity index (χ0v) is 14.6. The maximum absolute atomic E-state index is 11.2. The third-order valence-electron chi connectivity index (χ3n) is 4.08. The van der Waals surface area contributed by atoms with Gasteiger partial charge in [0.25, 0.3) is 0 Å². The molecule has 120 valence electrons. The van der Waals surface area contributed by atoms with Gasteiger partial charge in [0, 0.05) is 12.1 Å². The molecule has 23 heavy (non-hydrogen) atoms. The smallest absolute Gasteiger partial charge is 0.175 e. The second-order valence-electron chi connectivity index (χ2n) is 5.49. The molecule has 0 radical (unpaired) electrons. The molecule has 1 atom stereocenters. The van der Waals surface area contributed by atoms with Crippen molar-refractivity contribution < 1.29 is 9.84 Å². The molecule has 0 amide bonds. The van der Waals surface area contributed by atoms with Crippen molar-refractivity contribution >= 4 is 28.3 Å². The maximum Gasteiger partial charge on any atom is 0.175 e. The van der Waals surface area contributed by atoms with Crippen molar-refractivity contribution in [3.63, 3.8) is 0 Å². The van der Waals surface area contributed by atoms with Gasteiger partial charge in [0.2, 0.25) is 0 Å². The summed E-state index contributed by atoms with van der Waals surface area (Å²) in [5, 5.41) is 11.2. The SMILES string of the molecule is COc1ccc(CCN2C(=S)SCC2(O)c2ccccc2)cc1. The number of aliphatic hydroxyl groups is 1. The van der Waals surface area contributed by atoms with E-state index in [-0.39, 0.29) is 0 Å². The van der Waals surface area contributed by atoms with Gasteiger partial charge in [-0.25, -0.2) is 0 Å². The summed E-state index contributed by atoms with van der Waals surface area (Å²) in [6, 6.07) is 17.8. The van der Waals surface area contributed by atoms with E-state index in [1.54, 1.807) is 7.11 Å². The maximum atomic E-state index is 11.2. The average molecular weight is 345 g/mol. The highest BCUT2D eigenvalue weighted by atomic mass is 32.2. The predicted molar refractivity (Wildman–Crippen MR) is 98.8 cm³/mol. The Morgan fingerprint density at radius 2 is 1.87 bits per heavy atom. The van der Waals surface area contributed by atoms with Crippen LogP contribution in [0.5, 0.6) is 5.75 Å². The number of rotatable bonds is 5. The van der Waals surface area contributed by atoms with Crippen LogP contribution >= 0.6 is 24.0 Å². The molecule has 0 spiro atoms. The van der Waals surface area contributed by atoms with E-state index >= 15 is 0 Å². The van der Waals surface area contributed by atoms with Gasteiger partial charge in [0.15, 0.2) is 5.72 Å². The summed E-state index contributed by atoms with van der Waals surface area (Å²) >= 11 is 6.99. The lowest BCUT2D eigenvalue weighted by molar-refractivity contribution is -0.0460. The third kappa shape index (κ3) is 3.37. The molecule has 1 aliphatic heterocycles. The van der Waals surface area contributed by atoms with Crippen molar-refractivity contribution in [3.05, 3.63) is 65.7 Å². The summed E-state index contributed by atoms with van der Waals surface area (Å²) in [6.07, 6.45) is 0.819. The van der Waals surface area contributed by atoms with Gasteiger partial charge < -0.3 is 14.7 Å². The van der Waals surface area contributed by atoms with Crippen molar-refractivity contribution in [2.45, 2.75) is 12.1 Å². The Hall–Kier alpha value is -1.56. The van der Waals surface area contributed by atoms with Crippen molar-refractivity contribution in [2.24, 2.45) is 0 Å². The second kappa shape index (κ2) is 6.91. The minimum Gasteiger partial charge on any atom is -0.497 e. The van der Waals surface area contributed by atoms with Crippen LogP contribution in [-0.2, 0) is 12.1 Å². The van der Waals surface area contributed by atoms with Crippen LogP contribution in [0.4, 0.5) is 0 Å². The van der Waals surface area contributed by atoms with E-state index in [0.717, 1.165) is 22.1 Å². The standard InChI is InChI=1S/C18H19NO2S2/c1-21-16-9-7-14(8-10-16)11-12-19-17(22)23-13-18(19,20)15-5-3-2-4-6-15/h2-10,20H,11-13H2,1H3. The van der Waals surface area contributed by atoms with E-state index in [1.807, 2.05) is 59.5 Å². The van der Waals surface area contributed by atoms with Crippen LogP contribution in [-0.4, -0.2) is 33.7 Å². The van der Waals surface area contributed by atoms with Crippen molar-refractivity contribution in [3.8, 4) is 5.75 Å². The van der Waals surface area contributed by atoms with Gasteiger partial charge in [-0.1, -0.05) is 66.4 Å². The van der Waals surface area contributed by atoms with Gasteiger partial charge in [0.1, 0.15) is 10.1 Å². The first-order valence-corrected chi connectivity index (χ1v) is 8.88. The molecule has 1 heterocycles. The molecule has 3 rings (SSSR count). The number of thioether (sulfide) groups is 1. The molecule has 0 bridgehead atoms. The van der Waals surface area contributed by atoms with E-state index in [0.29, 0.717) is 12.3 Å². The Balaban J connectivity index is 1.75. The number of thiocarbonyl (C=S) groups is 1. The highest BCUT2D eigenvalue weighted by molar-refractivity contribution is 8.23. The Morgan fingerprint density at radius 3 is 2.52 bits per heavy atom. The predicted octanol–water partition coefficient (Wildman–Crippen LogP) is 3.42. The minimum absolute atomic E-state index is 0.568. The van der Waals surface area contributed by atoms with Crippen molar-refractivity contribution in [2.75, 3.05) is 19.4 Å². The lowest BCUT2D eigenvalue weighted by atomic mass is 10.0. The molecule has 0 aliphatic carbocycles. The van der Waals surface area contributed by atoms with E-state index in [2.05, 4.69) is 0 Å². The molecule has 1 saturated heterocycles. The molecule has 0 saturated carbocycles. The van der Waals surface area contributed by atoms with Gasteiger partial charge in [0.05, 0.1) is 12.9 Å². The van der Waals surface area contributed by atoms with Gasteiger partial charge in [-0.2, -0.15) is 0 Å². The monoisotopic (exact) mass is 345 g/mol. The van der Waals surface area contributed by atoms with E-state index < -0.39 is 5.72 Å². The van der Waals surface area contributed by atoms with Crippen molar-refractivity contribution in [1.82, 2.24) is 4.90 Å². The van der Waals surface area contributed by atoms with Crippen LogP contribution < -0.4 is 4.74 Å². The van der Waals surface area contributed by atoms with Crippen LogP contribution in [0, 0.1) is 0 Å². The summed E-state index contributed by atoms with van der Waals surface area (Å²) in [7, 11) is 1.66. The lowest BCUT2D eigenvalue weighted by Crippen LogP contribution is -2.45. The molecule has 0 aromatic heterocycles. The van der Waals surface area contributed by atoms with E-state index in [4.69, 9.17) is 17.0 Å². The highest BCUT2D eigenvalue weighted by Crippen LogP contribution is 2.39. The highest BCUT2D eigenvalue weighted by Gasteiger charge is 2.43. The largest absolute Gasteiger partial charge is 0.497 e. The van der Waals surface area contributed by atoms with Crippen LogP contribution in [0.2, 0.25) is 0 Å². The fourth-order valence-electron chi connectivity index (χ4n) is 2.72. The first-order valence-electron chi connectivity index (χ1n) is 7.49. The Bertz CT molecular complexity index is 675. The molecule has 3 nitrogen and oxygen atoms in total. The second-order valence-corrected chi connectivity index (χ2v) is 7.10. The minimum atomic E-state index is -1.02. The summed E-state index contributed by atoms with van der Waals surface area (Å²) in [6.45, 7) is 0.684. The molecule has 1 aliphatic rings. The quantitative estimate of drug-likeness (QED) is 0.840. The molecule has 2 aromatic carbocycles. The molecular formula is C18H19NO2S2. The summed E-state index contributed by atoms with van der Waals surface area (Å²) in [5.74, 6) is 1.42. The first-order chi connectivity index (χ1) is 11.1. The summed E-state index contributed by atoms with van der Waals surface area (Å²) < 4.78 is 5.94.